The van der Waals surface area contributed by atoms with E-state index in [1.54, 1.807) is 0 Å². The van der Waals surface area contributed by atoms with Crippen molar-refractivity contribution in [2.24, 2.45) is 5.73 Å². The Morgan fingerprint density at radius 3 is 2.60 bits per heavy atom. The van der Waals surface area contributed by atoms with Crippen LogP contribution in [0.4, 0.5) is 5.69 Å². The van der Waals surface area contributed by atoms with Crippen LogP contribution in [0.5, 0.6) is 0 Å². The quantitative estimate of drug-likeness (QED) is 0.646. The van der Waals surface area contributed by atoms with Gasteiger partial charge in [-0.15, -0.1) is 0 Å². The molecule has 0 aliphatic heterocycles. The van der Waals surface area contributed by atoms with E-state index >= 15 is 0 Å². The van der Waals surface area contributed by atoms with Gasteiger partial charge in [0.1, 0.15) is 5.84 Å². The van der Waals surface area contributed by atoms with E-state index in [4.69, 9.17) is 11.1 Å². The first-order valence-electron chi connectivity index (χ1n) is 6.63. The SMILES string of the molecule is Cc1cccc(C(=N)N)c1N(C)CCc1ccncc1. The van der Waals surface area contributed by atoms with Crippen molar-refractivity contribution < 1.29 is 0 Å². The van der Waals surface area contributed by atoms with E-state index in [0.717, 1.165) is 29.8 Å². The van der Waals surface area contributed by atoms with Crippen LogP contribution in [0.25, 0.3) is 0 Å². The van der Waals surface area contributed by atoms with Crippen LogP contribution in [-0.2, 0) is 6.42 Å². The van der Waals surface area contributed by atoms with Gasteiger partial charge in [-0.1, -0.05) is 12.1 Å². The van der Waals surface area contributed by atoms with E-state index in [-0.39, 0.29) is 5.84 Å². The number of aromatic nitrogens is 1. The average molecular weight is 268 g/mol. The van der Waals surface area contributed by atoms with Gasteiger partial charge < -0.3 is 10.6 Å². The molecule has 0 unspecified atom stereocenters. The average Bonchev–Trinajstić information content (AvgIpc) is 2.45. The summed E-state index contributed by atoms with van der Waals surface area (Å²) in [5.41, 5.74) is 9.90. The Balaban J connectivity index is 2.17. The molecule has 3 N–H and O–H groups in total. The van der Waals surface area contributed by atoms with E-state index in [1.807, 2.05) is 56.7 Å². The second kappa shape index (κ2) is 6.19. The standard InChI is InChI=1S/C16H20N4/c1-12-4-3-5-14(16(17)18)15(12)20(2)11-8-13-6-9-19-10-7-13/h3-7,9-10H,8,11H2,1-2H3,(H3,17,18). The zero-order chi connectivity index (χ0) is 14.5. The highest BCUT2D eigenvalue weighted by molar-refractivity contribution is 6.01. The summed E-state index contributed by atoms with van der Waals surface area (Å²) in [6.07, 6.45) is 4.55. The van der Waals surface area contributed by atoms with Gasteiger partial charge in [-0.05, 0) is 42.7 Å². The van der Waals surface area contributed by atoms with Crippen LogP contribution in [0, 0.1) is 12.3 Å². The van der Waals surface area contributed by atoms with E-state index in [2.05, 4.69) is 9.88 Å². The van der Waals surface area contributed by atoms with Crippen molar-refractivity contribution in [2.75, 3.05) is 18.5 Å². The van der Waals surface area contributed by atoms with E-state index in [1.165, 1.54) is 5.56 Å². The molecular formula is C16H20N4. The molecule has 0 saturated heterocycles. The summed E-state index contributed by atoms with van der Waals surface area (Å²) in [6.45, 7) is 2.92. The summed E-state index contributed by atoms with van der Waals surface area (Å²) in [7, 11) is 2.04. The van der Waals surface area contributed by atoms with Crippen molar-refractivity contribution in [1.29, 1.82) is 5.41 Å². The summed E-state index contributed by atoms with van der Waals surface area (Å²) in [5, 5.41) is 7.71. The Labute approximate surface area is 119 Å². The van der Waals surface area contributed by atoms with Gasteiger partial charge in [-0.25, -0.2) is 0 Å². The third-order valence-corrected chi connectivity index (χ3v) is 3.39. The predicted molar refractivity (Wildman–Crippen MR) is 83.4 cm³/mol. The van der Waals surface area contributed by atoms with Gasteiger partial charge in [0.2, 0.25) is 0 Å². The smallest absolute Gasteiger partial charge is 0.124 e. The number of hydrogen-bond donors (Lipinski definition) is 2. The summed E-state index contributed by atoms with van der Waals surface area (Å²) in [6, 6.07) is 9.93. The fourth-order valence-electron chi connectivity index (χ4n) is 2.34. The molecule has 0 radical (unpaired) electrons. The Kier molecular flexibility index (Phi) is 4.35. The molecule has 104 valence electrons. The molecular weight excluding hydrogens is 248 g/mol. The van der Waals surface area contributed by atoms with Crippen molar-refractivity contribution in [2.45, 2.75) is 13.3 Å². The molecule has 0 amide bonds. The maximum Gasteiger partial charge on any atom is 0.124 e. The predicted octanol–water partition coefficient (Wildman–Crippen LogP) is 2.35. The third-order valence-electron chi connectivity index (χ3n) is 3.39. The first-order valence-corrected chi connectivity index (χ1v) is 6.63. The van der Waals surface area contributed by atoms with Gasteiger partial charge in [0.25, 0.3) is 0 Å². The number of aryl methyl sites for hydroxylation is 1. The zero-order valence-electron chi connectivity index (χ0n) is 11.9. The summed E-state index contributed by atoms with van der Waals surface area (Å²) in [5.74, 6) is 0.111. The molecule has 2 aromatic rings. The number of nitrogens with zero attached hydrogens (tertiary/aromatic N) is 2. The van der Waals surface area contributed by atoms with Crippen molar-refractivity contribution in [1.82, 2.24) is 4.98 Å². The van der Waals surface area contributed by atoms with Gasteiger partial charge in [0.15, 0.2) is 0 Å². The van der Waals surface area contributed by atoms with Gasteiger partial charge in [0, 0.05) is 31.5 Å². The molecule has 0 spiro atoms. The minimum absolute atomic E-state index is 0.111. The number of hydrogen-bond acceptors (Lipinski definition) is 3. The fraction of sp³-hybridized carbons (Fsp3) is 0.250. The lowest BCUT2D eigenvalue weighted by molar-refractivity contribution is 0.870. The molecule has 0 saturated carbocycles. The molecule has 2 rings (SSSR count). The van der Waals surface area contributed by atoms with Crippen molar-refractivity contribution in [3.63, 3.8) is 0 Å². The molecule has 4 heteroatoms. The summed E-state index contributed by atoms with van der Waals surface area (Å²) >= 11 is 0. The van der Waals surface area contributed by atoms with Crippen molar-refractivity contribution >= 4 is 11.5 Å². The van der Waals surface area contributed by atoms with Crippen LogP contribution in [0.3, 0.4) is 0 Å². The molecule has 1 aromatic carbocycles. The van der Waals surface area contributed by atoms with E-state index < -0.39 is 0 Å². The monoisotopic (exact) mass is 268 g/mol. The highest BCUT2D eigenvalue weighted by Gasteiger charge is 2.12. The number of benzene rings is 1. The van der Waals surface area contributed by atoms with Crippen LogP contribution in [0.1, 0.15) is 16.7 Å². The number of pyridine rings is 1. The van der Waals surface area contributed by atoms with Crippen LogP contribution < -0.4 is 10.6 Å². The normalized spacial score (nSPS) is 10.3. The summed E-state index contributed by atoms with van der Waals surface area (Å²) in [4.78, 5) is 6.18. The van der Waals surface area contributed by atoms with Gasteiger partial charge >= 0.3 is 0 Å². The summed E-state index contributed by atoms with van der Waals surface area (Å²) < 4.78 is 0. The molecule has 1 heterocycles. The minimum atomic E-state index is 0.111. The Morgan fingerprint density at radius 2 is 1.95 bits per heavy atom. The number of likely N-dealkylation sites (N-methyl/N-ethyl adjacent to an activating group) is 1. The fourth-order valence-corrected chi connectivity index (χ4v) is 2.34. The molecule has 0 fully saturated rings. The largest absolute Gasteiger partial charge is 0.384 e. The maximum atomic E-state index is 7.71. The molecule has 0 aliphatic carbocycles. The van der Waals surface area contributed by atoms with Gasteiger partial charge in [-0.3, -0.25) is 10.4 Å². The molecule has 0 atom stereocenters. The van der Waals surface area contributed by atoms with Crippen LogP contribution in [0.15, 0.2) is 42.7 Å². The molecule has 1 aromatic heterocycles. The van der Waals surface area contributed by atoms with Crippen LogP contribution in [-0.4, -0.2) is 24.4 Å². The van der Waals surface area contributed by atoms with Crippen LogP contribution in [0.2, 0.25) is 0 Å². The Hall–Kier alpha value is -2.36. The second-order valence-corrected chi connectivity index (χ2v) is 4.91. The highest BCUT2D eigenvalue weighted by atomic mass is 15.1. The second-order valence-electron chi connectivity index (χ2n) is 4.91. The number of amidine groups is 1. The first kappa shape index (κ1) is 14.1. The Bertz CT molecular complexity index is 593. The zero-order valence-corrected chi connectivity index (χ0v) is 11.9. The lowest BCUT2D eigenvalue weighted by Gasteiger charge is -2.24. The number of anilines is 1. The van der Waals surface area contributed by atoms with Crippen molar-refractivity contribution in [3.05, 3.63) is 59.4 Å². The van der Waals surface area contributed by atoms with E-state index in [9.17, 15) is 0 Å². The molecule has 4 nitrogen and oxygen atoms in total. The van der Waals surface area contributed by atoms with Crippen LogP contribution >= 0.6 is 0 Å². The topological polar surface area (TPSA) is 66.0 Å². The van der Waals surface area contributed by atoms with E-state index in [0.29, 0.717) is 0 Å². The maximum absolute atomic E-state index is 7.71. The number of rotatable bonds is 5. The number of nitrogens with one attached hydrogen (secondary N) is 1. The number of nitrogens with two attached hydrogens (primary N) is 1. The van der Waals surface area contributed by atoms with Gasteiger partial charge in [-0.2, -0.15) is 0 Å². The Morgan fingerprint density at radius 1 is 1.25 bits per heavy atom. The molecule has 0 aliphatic rings. The lowest BCUT2D eigenvalue weighted by Crippen LogP contribution is -2.25. The molecule has 20 heavy (non-hydrogen) atoms. The first-order chi connectivity index (χ1) is 9.59. The number of para-hydroxylation sites is 1. The third kappa shape index (κ3) is 3.15. The molecule has 0 bridgehead atoms. The number of nitrogen functional groups attached to an aromatic ring is 1. The van der Waals surface area contributed by atoms with Crippen molar-refractivity contribution in [3.8, 4) is 0 Å². The lowest BCUT2D eigenvalue weighted by atomic mass is 10.1. The minimum Gasteiger partial charge on any atom is -0.384 e. The van der Waals surface area contributed by atoms with Gasteiger partial charge in [0.05, 0.1) is 5.69 Å². The highest BCUT2D eigenvalue weighted by Crippen LogP contribution is 2.24.